The number of carbonyl (C=O) groups is 2. The van der Waals surface area contributed by atoms with Gasteiger partial charge in [0.1, 0.15) is 11.3 Å². The highest BCUT2D eigenvalue weighted by Crippen LogP contribution is 2.48. The molecule has 0 unspecified atom stereocenters. The molecule has 0 fully saturated rings. The number of carbonyl (C=O) groups excluding carboxylic acids is 2. The summed E-state index contributed by atoms with van der Waals surface area (Å²) in [5.74, 6) is -1.73. The number of hydrogen-bond acceptors (Lipinski definition) is 3. The molecule has 1 heterocycles. The van der Waals surface area contributed by atoms with Crippen molar-refractivity contribution < 1.29 is 27.5 Å². The molecule has 0 saturated carbocycles. The summed E-state index contributed by atoms with van der Waals surface area (Å²) in [4.78, 5) is 24.6. The van der Waals surface area contributed by atoms with Crippen LogP contribution in [0.25, 0.3) is 0 Å². The Morgan fingerprint density at radius 2 is 1.68 bits per heavy atom. The molecule has 2 aliphatic rings. The van der Waals surface area contributed by atoms with Crippen LogP contribution in [0.1, 0.15) is 37.8 Å². The fourth-order valence-corrected chi connectivity index (χ4v) is 3.25. The van der Waals surface area contributed by atoms with Crippen LogP contribution >= 0.6 is 0 Å². The molecule has 0 spiro atoms. The first-order valence-corrected chi connectivity index (χ1v) is 7.87. The van der Waals surface area contributed by atoms with E-state index < -0.39 is 29.0 Å². The van der Waals surface area contributed by atoms with Crippen molar-refractivity contribution in [2.24, 2.45) is 5.41 Å². The molecule has 1 aliphatic carbocycles. The highest BCUT2D eigenvalue weighted by Gasteiger charge is 2.63. The largest absolute Gasteiger partial charge is 0.458 e. The fourth-order valence-electron chi connectivity index (χ4n) is 3.25. The Balaban J connectivity index is 2.16. The van der Waals surface area contributed by atoms with Crippen LogP contribution in [0.4, 0.5) is 13.2 Å². The molecule has 1 atom stereocenters. The summed E-state index contributed by atoms with van der Waals surface area (Å²) >= 11 is 0. The summed E-state index contributed by atoms with van der Waals surface area (Å²) in [6.45, 7) is 5.25. The van der Waals surface area contributed by atoms with Gasteiger partial charge >= 0.3 is 11.9 Å². The second-order valence-electron chi connectivity index (χ2n) is 7.34. The third kappa shape index (κ3) is 2.81. The Morgan fingerprint density at radius 3 is 2.24 bits per heavy atom. The fraction of sp³-hybridized carbons (Fsp3) is 0.444. The van der Waals surface area contributed by atoms with Crippen molar-refractivity contribution in [1.82, 2.24) is 5.32 Å². The number of amides is 1. The molecule has 0 saturated heterocycles. The smallest absolute Gasteiger partial charge is 0.453 e. The maximum Gasteiger partial charge on any atom is 0.453 e. The quantitative estimate of drug-likeness (QED) is 0.786. The van der Waals surface area contributed by atoms with Crippen LogP contribution < -0.4 is 5.32 Å². The number of nitrogens with one attached hydrogen (secondary N) is 1. The maximum absolute atomic E-state index is 14.0. The average Bonchev–Trinajstić information content (AvgIpc) is 2.44. The number of alkyl halides is 3. The monoisotopic (exact) mass is 353 g/mol. The normalized spacial score (nSPS) is 26.0. The van der Waals surface area contributed by atoms with E-state index in [2.05, 4.69) is 0 Å². The Morgan fingerprint density at radius 1 is 1.08 bits per heavy atom. The summed E-state index contributed by atoms with van der Waals surface area (Å²) in [5.41, 5.74) is -3.33. The van der Waals surface area contributed by atoms with E-state index in [9.17, 15) is 22.8 Å². The van der Waals surface area contributed by atoms with Crippen molar-refractivity contribution in [3.8, 4) is 0 Å². The van der Waals surface area contributed by atoms with Gasteiger partial charge in [0, 0.05) is 18.4 Å². The SMILES string of the molecule is Cc1ccc([C@]2(C(F)(F)F)NC(=O)C3=C(CC(C)(C)CC3=O)O2)cc1. The Hall–Kier alpha value is -2.31. The van der Waals surface area contributed by atoms with Gasteiger partial charge in [0.05, 0.1) is 0 Å². The highest BCUT2D eigenvalue weighted by atomic mass is 19.4. The molecule has 3 rings (SSSR count). The van der Waals surface area contributed by atoms with Gasteiger partial charge in [-0.05, 0) is 12.3 Å². The molecule has 7 heteroatoms. The second kappa shape index (κ2) is 5.34. The lowest BCUT2D eigenvalue weighted by atomic mass is 9.75. The van der Waals surface area contributed by atoms with Crippen LogP contribution in [0.5, 0.6) is 0 Å². The van der Waals surface area contributed by atoms with E-state index in [-0.39, 0.29) is 29.7 Å². The summed E-state index contributed by atoms with van der Waals surface area (Å²) in [7, 11) is 0. The molecule has 0 radical (unpaired) electrons. The Kier molecular flexibility index (Phi) is 3.74. The molecule has 4 nitrogen and oxygen atoms in total. The number of ether oxygens (including phenoxy) is 1. The van der Waals surface area contributed by atoms with Gasteiger partial charge in [0.2, 0.25) is 0 Å². The van der Waals surface area contributed by atoms with Crippen molar-refractivity contribution in [2.45, 2.75) is 45.5 Å². The first kappa shape index (κ1) is 17.5. The van der Waals surface area contributed by atoms with E-state index in [1.807, 2.05) is 5.32 Å². The van der Waals surface area contributed by atoms with E-state index in [0.717, 1.165) is 5.56 Å². The van der Waals surface area contributed by atoms with Gasteiger partial charge in [0.15, 0.2) is 5.78 Å². The zero-order valence-corrected chi connectivity index (χ0v) is 14.1. The van der Waals surface area contributed by atoms with Crippen LogP contribution in [0.3, 0.4) is 0 Å². The minimum Gasteiger partial charge on any atom is -0.458 e. The van der Waals surface area contributed by atoms with Crippen molar-refractivity contribution in [1.29, 1.82) is 0 Å². The first-order chi connectivity index (χ1) is 11.5. The molecule has 1 N–H and O–H groups in total. The average molecular weight is 353 g/mol. The van der Waals surface area contributed by atoms with Crippen molar-refractivity contribution in [2.75, 3.05) is 0 Å². The van der Waals surface area contributed by atoms with Gasteiger partial charge in [-0.3, -0.25) is 9.59 Å². The molecule has 1 aliphatic heterocycles. The summed E-state index contributed by atoms with van der Waals surface area (Å²) in [6.07, 6.45) is -4.72. The lowest BCUT2D eigenvalue weighted by Crippen LogP contribution is -2.61. The van der Waals surface area contributed by atoms with E-state index in [0.29, 0.717) is 0 Å². The number of rotatable bonds is 1. The number of allylic oxidation sites excluding steroid dienone is 1. The standard InChI is InChI=1S/C18H18F3NO3/c1-10-4-6-11(7-5-10)17(18(19,20)21)22-15(24)14-12(23)8-16(2,3)9-13(14)25-17/h4-7H,8-9H2,1-3H3,(H,22,24)/t17-/m0/s1. The number of ketones is 1. The maximum atomic E-state index is 14.0. The van der Waals surface area contributed by atoms with Gasteiger partial charge in [-0.2, -0.15) is 13.2 Å². The number of benzene rings is 1. The van der Waals surface area contributed by atoms with E-state index in [1.54, 1.807) is 20.8 Å². The van der Waals surface area contributed by atoms with Gasteiger partial charge in [-0.25, -0.2) is 0 Å². The molecular formula is C18H18F3NO3. The Bertz CT molecular complexity index is 778. The predicted molar refractivity (Wildman–Crippen MR) is 83.2 cm³/mol. The van der Waals surface area contributed by atoms with Gasteiger partial charge in [-0.1, -0.05) is 43.7 Å². The number of halogens is 3. The summed E-state index contributed by atoms with van der Waals surface area (Å²) in [6, 6.07) is 5.56. The first-order valence-electron chi connectivity index (χ1n) is 7.87. The van der Waals surface area contributed by atoms with Crippen molar-refractivity contribution >= 4 is 11.7 Å². The molecule has 25 heavy (non-hydrogen) atoms. The minimum absolute atomic E-state index is 0.0885. The minimum atomic E-state index is -4.90. The number of hydrogen-bond donors (Lipinski definition) is 1. The third-order valence-electron chi connectivity index (χ3n) is 4.49. The number of aryl methyl sites for hydroxylation is 1. The highest BCUT2D eigenvalue weighted by molar-refractivity contribution is 6.20. The van der Waals surface area contributed by atoms with Gasteiger partial charge in [-0.15, -0.1) is 0 Å². The predicted octanol–water partition coefficient (Wildman–Crippen LogP) is 3.50. The van der Waals surface area contributed by atoms with Crippen LogP contribution in [0, 0.1) is 12.3 Å². The molecule has 0 aromatic heterocycles. The van der Waals surface area contributed by atoms with Crippen molar-refractivity contribution in [3.05, 3.63) is 46.7 Å². The van der Waals surface area contributed by atoms with Crippen LogP contribution in [0.2, 0.25) is 0 Å². The molecule has 0 bridgehead atoms. The zero-order valence-electron chi connectivity index (χ0n) is 14.1. The molecule has 1 amide bonds. The van der Waals surface area contributed by atoms with Crippen molar-refractivity contribution in [3.63, 3.8) is 0 Å². The van der Waals surface area contributed by atoms with Gasteiger partial charge < -0.3 is 10.1 Å². The van der Waals surface area contributed by atoms with Crippen LogP contribution in [-0.2, 0) is 20.1 Å². The van der Waals surface area contributed by atoms with Gasteiger partial charge in [0.25, 0.3) is 5.91 Å². The Labute approximate surface area is 143 Å². The van der Waals surface area contributed by atoms with Crippen LogP contribution in [-0.4, -0.2) is 17.9 Å². The molecular weight excluding hydrogens is 335 g/mol. The number of Topliss-reactive ketones (excluding diaryl/α,β-unsaturated/α-hetero) is 1. The van der Waals surface area contributed by atoms with E-state index in [1.165, 1.54) is 24.3 Å². The molecule has 1 aromatic rings. The third-order valence-corrected chi connectivity index (χ3v) is 4.49. The van der Waals surface area contributed by atoms with E-state index in [4.69, 9.17) is 4.74 Å². The lowest BCUT2D eigenvalue weighted by molar-refractivity contribution is -0.288. The zero-order chi connectivity index (χ0) is 18.6. The van der Waals surface area contributed by atoms with Crippen LogP contribution in [0.15, 0.2) is 35.6 Å². The lowest BCUT2D eigenvalue weighted by Gasteiger charge is -2.44. The van der Waals surface area contributed by atoms with E-state index >= 15 is 0 Å². The summed E-state index contributed by atoms with van der Waals surface area (Å²) in [5, 5.41) is 1.90. The second-order valence-corrected chi connectivity index (χ2v) is 7.34. The topological polar surface area (TPSA) is 55.4 Å². The molecule has 1 aromatic carbocycles. The molecule has 134 valence electrons. The summed E-state index contributed by atoms with van der Waals surface area (Å²) < 4.78 is 47.2.